The summed E-state index contributed by atoms with van der Waals surface area (Å²) in [6.07, 6.45) is 0.916. The molecule has 0 amide bonds. The fourth-order valence-corrected chi connectivity index (χ4v) is 0.913. The van der Waals surface area contributed by atoms with Crippen LogP contribution in [-0.4, -0.2) is 13.4 Å². The van der Waals surface area contributed by atoms with Crippen LogP contribution in [0.25, 0.3) is 0 Å². The highest BCUT2D eigenvalue weighted by Gasteiger charge is 2.04. The van der Waals surface area contributed by atoms with Gasteiger partial charge in [0.1, 0.15) is 0 Å². The van der Waals surface area contributed by atoms with Crippen molar-refractivity contribution in [1.29, 1.82) is 0 Å². The van der Waals surface area contributed by atoms with Crippen LogP contribution in [0.4, 0.5) is 4.39 Å². The Morgan fingerprint density at radius 3 is 2.58 bits per heavy atom. The van der Waals surface area contributed by atoms with E-state index in [4.69, 9.17) is 0 Å². The van der Waals surface area contributed by atoms with Gasteiger partial charge < -0.3 is 4.18 Å². The first kappa shape index (κ1) is 8.88. The van der Waals surface area contributed by atoms with E-state index in [1.807, 2.05) is 0 Å². The normalized spacial score (nSPS) is 11.2. The minimum Gasteiger partial charge on any atom is -0.369 e. The average molecular weight is 192 g/mol. The molecule has 1 aromatic heterocycles. The van der Waals surface area contributed by atoms with E-state index >= 15 is 0 Å². The molecule has 1 heterocycles. The highest BCUT2D eigenvalue weighted by Crippen LogP contribution is 2.09. The molecular weight excluding hydrogens is 187 g/mol. The lowest BCUT2D eigenvalue weighted by Crippen LogP contribution is -2.19. The van der Waals surface area contributed by atoms with Crippen LogP contribution in [0.15, 0.2) is 18.3 Å². The molecule has 5 nitrogen and oxygen atoms in total. The maximum absolute atomic E-state index is 12.2. The van der Waals surface area contributed by atoms with Crippen molar-refractivity contribution >= 4 is 10.3 Å². The van der Waals surface area contributed by atoms with Crippen LogP contribution >= 0.6 is 0 Å². The van der Waals surface area contributed by atoms with Crippen LogP contribution < -0.4 is 9.32 Å². The molecule has 2 N–H and O–H groups in total. The van der Waals surface area contributed by atoms with Gasteiger partial charge in [0, 0.05) is 0 Å². The molecule has 0 aliphatic rings. The van der Waals surface area contributed by atoms with Gasteiger partial charge in [-0.05, 0) is 12.1 Å². The van der Waals surface area contributed by atoms with E-state index in [1.54, 1.807) is 0 Å². The molecule has 0 spiro atoms. The zero-order chi connectivity index (χ0) is 9.19. The smallest absolute Gasteiger partial charge is 0.369 e. The van der Waals surface area contributed by atoms with Gasteiger partial charge in [-0.3, -0.25) is 0 Å². The van der Waals surface area contributed by atoms with Crippen LogP contribution in [0.1, 0.15) is 0 Å². The summed E-state index contributed by atoms with van der Waals surface area (Å²) in [6.45, 7) is 0. The van der Waals surface area contributed by atoms with E-state index in [1.165, 1.54) is 0 Å². The van der Waals surface area contributed by atoms with Crippen LogP contribution in [0.5, 0.6) is 5.75 Å². The van der Waals surface area contributed by atoms with Crippen LogP contribution in [-0.2, 0) is 10.3 Å². The Hall–Kier alpha value is -1.21. The van der Waals surface area contributed by atoms with Gasteiger partial charge >= 0.3 is 10.3 Å². The zero-order valence-corrected chi connectivity index (χ0v) is 6.58. The first-order chi connectivity index (χ1) is 5.47. The Labute approximate surface area is 68.2 Å². The van der Waals surface area contributed by atoms with E-state index < -0.39 is 16.3 Å². The minimum atomic E-state index is -4.05. The van der Waals surface area contributed by atoms with Crippen molar-refractivity contribution in [3.8, 4) is 5.75 Å². The van der Waals surface area contributed by atoms with Crippen molar-refractivity contribution in [2.45, 2.75) is 0 Å². The fraction of sp³-hybridized carbons (Fsp3) is 0. The maximum atomic E-state index is 12.2. The third-order valence-corrected chi connectivity index (χ3v) is 1.34. The number of aromatic nitrogens is 1. The predicted octanol–water partition coefficient (Wildman–Crippen LogP) is -0.197. The first-order valence-corrected chi connectivity index (χ1v) is 4.28. The van der Waals surface area contributed by atoms with Gasteiger partial charge in [-0.1, -0.05) is 0 Å². The highest BCUT2D eigenvalue weighted by molar-refractivity contribution is 7.84. The standard InChI is InChI=1S/C5H5FN2O3S/c6-5-2-1-4(3-8-5)11-12(7,9)10/h1-3H,(H2,7,9,10). The zero-order valence-electron chi connectivity index (χ0n) is 5.77. The Kier molecular flexibility index (Phi) is 2.25. The molecule has 0 aromatic carbocycles. The summed E-state index contributed by atoms with van der Waals surface area (Å²) in [5.74, 6) is -0.851. The largest absolute Gasteiger partial charge is 0.380 e. The summed E-state index contributed by atoms with van der Waals surface area (Å²) in [5, 5.41) is 4.53. The van der Waals surface area contributed by atoms with Gasteiger partial charge in [0.15, 0.2) is 5.75 Å². The minimum absolute atomic E-state index is 0.126. The maximum Gasteiger partial charge on any atom is 0.380 e. The summed E-state index contributed by atoms with van der Waals surface area (Å²) in [4.78, 5) is 3.15. The monoisotopic (exact) mass is 192 g/mol. The first-order valence-electron chi connectivity index (χ1n) is 2.81. The van der Waals surface area contributed by atoms with Crippen molar-refractivity contribution < 1.29 is 17.0 Å². The van der Waals surface area contributed by atoms with Crippen LogP contribution in [0, 0.1) is 5.95 Å². The van der Waals surface area contributed by atoms with Crippen molar-refractivity contribution in [2.24, 2.45) is 5.14 Å². The molecule has 0 saturated carbocycles. The molecule has 0 aliphatic heterocycles. The number of halogens is 1. The second-order valence-electron chi connectivity index (χ2n) is 1.89. The Morgan fingerprint density at radius 1 is 1.50 bits per heavy atom. The topological polar surface area (TPSA) is 82.3 Å². The van der Waals surface area contributed by atoms with Crippen LogP contribution in [0.2, 0.25) is 0 Å². The molecular formula is C5H5FN2O3S. The second kappa shape index (κ2) is 3.03. The summed E-state index contributed by atoms with van der Waals surface area (Å²) in [5.41, 5.74) is 0. The average Bonchev–Trinajstić information content (AvgIpc) is 1.91. The van der Waals surface area contributed by atoms with Gasteiger partial charge in [-0.15, -0.1) is 0 Å². The molecule has 0 saturated heterocycles. The quantitative estimate of drug-likeness (QED) is 0.658. The van der Waals surface area contributed by atoms with Gasteiger partial charge in [0.25, 0.3) is 0 Å². The molecule has 0 bridgehead atoms. The fourth-order valence-electron chi connectivity index (χ4n) is 0.546. The van der Waals surface area contributed by atoms with E-state index in [-0.39, 0.29) is 5.75 Å². The summed E-state index contributed by atoms with van der Waals surface area (Å²) in [7, 11) is -4.05. The van der Waals surface area contributed by atoms with Gasteiger partial charge in [0.2, 0.25) is 5.95 Å². The summed E-state index contributed by atoms with van der Waals surface area (Å²) >= 11 is 0. The predicted molar refractivity (Wildman–Crippen MR) is 37.9 cm³/mol. The summed E-state index contributed by atoms with van der Waals surface area (Å²) < 4.78 is 37.0. The van der Waals surface area contributed by atoms with Crippen molar-refractivity contribution in [1.82, 2.24) is 4.98 Å². The molecule has 0 aliphatic carbocycles. The number of pyridine rings is 1. The highest BCUT2D eigenvalue weighted by atomic mass is 32.2. The van der Waals surface area contributed by atoms with E-state index in [9.17, 15) is 12.8 Å². The van der Waals surface area contributed by atoms with Gasteiger partial charge in [-0.2, -0.15) is 17.9 Å². The number of rotatable bonds is 2. The van der Waals surface area contributed by atoms with E-state index in [0.717, 1.165) is 18.3 Å². The molecule has 1 rings (SSSR count). The Balaban J connectivity index is 2.85. The van der Waals surface area contributed by atoms with Gasteiger partial charge in [0.05, 0.1) is 6.20 Å². The molecule has 1 aromatic rings. The SMILES string of the molecule is NS(=O)(=O)Oc1ccc(F)nc1. The molecule has 0 unspecified atom stereocenters. The summed E-state index contributed by atoms with van der Waals surface area (Å²) in [6, 6.07) is 2.06. The molecule has 0 radical (unpaired) electrons. The third-order valence-electron chi connectivity index (χ3n) is 0.913. The van der Waals surface area contributed by atoms with Gasteiger partial charge in [-0.25, -0.2) is 4.98 Å². The van der Waals surface area contributed by atoms with Crippen molar-refractivity contribution in [3.05, 3.63) is 24.3 Å². The lowest BCUT2D eigenvalue weighted by atomic mass is 10.5. The van der Waals surface area contributed by atoms with E-state index in [2.05, 4.69) is 14.3 Å². The second-order valence-corrected chi connectivity index (χ2v) is 3.05. The molecule has 0 fully saturated rings. The van der Waals surface area contributed by atoms with Crippen molar-refractivity contribution in [2.75, 3.05) is 0 Å². The number of hydrogen-bond acceptors (Lipinski definition) is 4. The van der Waals surface area contributed by atoms with Crippen LogP contribution in [0.3, 0.4) is 0 Å². The Morgan fingerprint density at radius 2 is 2.17 bits per heavy atom. The van der Waals surface area contributed by atoms with Crippen molar-refractivity contribution in [3.63, 3.8) is 0 Å². The molecule has 12 heavy (non-hydrogen) atoms. The lowest BCUT2D eigenvalue weighted by Gasteiger charge is -1.99. The lowest BCUT2D eigenvalue weighted by molar-refractivity contribution is 0.483. The molecule has 66 valence electrons. The third kappa shape index (κ3) is 2.81. The number of hydrogen-bond donors (Lipinski definition) is 1. The van der Waals surface area contributed by atoms with E-state index in [0.29, 0.717) is 0 Å². The number of nitrogens with zero attached hydrogens (tertiary/aromatic N) is 1. The Bertz CT molecular complexity index is 361. The molecule has 7 heteroatoms. The number of nitrogens with two attached hydrogens (primary N) is 1. The molecule has 0 atom stereocenters.